The van der Waals surface area contributed by atoms with Gasteiger partial charge in [-0.25, -0.2) is 4.99 Å². The summed E-state index contributed by atoms with van der Waals surface area (Å²) in [5.74, 6) is 0.604. The van der Waals surface area contributed by atoms with E-state index in [1.165, 1.54) is 12.8 Å². The zero-order chi connectivity index (χ0) is 13.1. The van der Waals surface area contributed by atoms with Gasteiger partial charge in [0.05, 0.1) is 17.9 Å². The first kappa shape index (κ1) is 16.0. The van der Waals surface area contributed by atoms with Crippen LogP contribution in [0.15, 0.2) is 23.3 Å². The summed E-state index contributed by atoms with van der Waals surface area (Å²) < 4.78 is 0. The molecule has 1 aromatic heterocycles. The Morgan fingerprint density at radius 2 is 2.11 bits per heavy atom. The first-order chi connectivity index (χ1) is 8.59. The molecular formula is C13H22IN5. The van der Waals surface area contributed by atoms with E-state index in [-0.39, 0.29) is 24.0 Å². The van der Waals surface area contributed by atoms with Crippen LogP contribution in [0.4, 0.5) is 5.69 Å². The summed E-state index contributed by atoms with van der Waals surface area (Å²) in [6.45, 7) is 0.525. The fraction of sp³-hybridized carbons (Fsp3) is 0.538. The van der Waals surface area contributed by atoms with E-state index in [0.717, 1.165) is 11.4 Å². The van der Waals surface area contributed by atoms with E-state index in [0.29, 0.717) is 18.5 Å². The summed E-state index contributed by atoms with van der Waals surface area (Å²) in [5.41, 5.74) is 8.01. The summed E-state index contributed by atoms with van der Waals surface area (Å²) in [4.78, 5) is 12.9. The lowest BCUT2D eigenvalue weighted by atomic mass is 10.3. The molecule has 1 aliphatic carbocycles. The number of nitrogens with zero attached hydrogens (tertiary/aromatic N) is 4. The molecule has 2 N–H and O–H groups in total. The van der Waals surface area contributed by atoms with E-state index in [4.69, 9.17) is 5.73 Å². The molecule has 1 heterocycles. The topological polar surface area (TPSA) is 57.8 Å². The molecule has 0 bridgehead atoms. The number of nitrogens with two attached hydrogens (primary N) is 1. The number of guanidine groups is 1. The van der Waals surface area contributed by atoms with Gasteiger partial charge in [0.25, 0.3) is 0 Å². The van der Waals surface area contributed by atoms with Crippen LogP contribution in [-0.2, 0) is 6.54 Å². The number of hydrogen-bond donors (Lipinski definition) is 1. The number of rotatable bonds is 4. The van der Waals surface area contributed by atoms with Crippen molar-refractivity contribution >= 4 is 35.6 Å². The molecule has 1 saturated carbocycles. The molecule has 0 spiro atoms. The fourth-order valence-electron chi connectivity index (χ4n) is 1.87. The molecule has 1 aromatic rings. The monoisotopic (exact) mass is 375 g/mol. The summed E-state index contributed by atoms with van der Waals surface area (Å²) in [6, 6.07) is 4.56. The normalized spacial score (nSPS) is 14.8. The van der Waals surface area contributed by atoms with Gasteiger partial charge < -0.3 is 15.5 Å². The van der Waals surface area contributed by atoms with Crippen molar-refractivity contribution in [3.63, 3.8) is 0 Å². The van der Waals surface area contributed by atoms with Crippen molar-refractivity contribution in [1.29, 1.82) is 0 Å². The van der Waals surface area contributed by atoms with Crippen molar-refractivity contribution in [2.45, 2.75) is 25.4 Å². The summed E-state index contributed by atoms with van der Waals surface area (Å²) in [7, 11) is 6.01. The van der Waals surface area contributed by atoms with Crippen LogP contribution >= 0.6 is 24.0 Å². The SMILES string of the molecule is CN(C)c1cccnc1CN=C(N)N(C)C1CC1.I. The molecule has 0 aliphatic heterocycles. The highest BCUT2D eigenvalue weighted by Gasteiger charge is 2.27. The van der Waals surface area contributed by atoms with Gasteiger partial charge in [0.1, 0.15) is 0 Å². The maximum absolute atomic E-state index is 5.97. The van der Waals surface area contributed by atoms with E-state index in [9.17, 15) is 0 Å². The Morgan fingerprint density at radius 1 is 1.42 bits per heavy atom. The Bertz CT molecular complexity index is 442. The summed E-state index contributed by atoms with van der Waals surface area (Å²) in [6.07, 6.45) is 4.23. The molecule has 0 unspecified atom stereocenters. The van der Waals surface area contributed by atoms with Crippen LogP contribution in [0.3, 0.4) is 0 Å². The lowest BCUT2D eigenvalue weighted by Crippen LogP contribution is -2.35. The lowest BCUT2D eigenvalue weighted by Gasteiger charge is -2.18. The first-order valence-electron chi connectivity index (χ1n) is 6.23. The molecule has 19 heavy (non-hydrogen) atoms. The molecule has 1 aliphatic rings. The highest BCUT2D eigenvalue weighted by Crippen LogP contribution is 2.25. The molecule has 0 atom stereocenters. The second-order valence-corrected chi connectivity index (χ2v) is 4.88. The van der Waals surface area contributed by atoms with Crippen molar-refractivity contribution in [2.75, 3.05) is 26.0 Å². The third-order valence-corrected chi connectivity index (χ3v) is 3.19. The number of aromatic nitrogens is 1. The molecule has 2 rings (SSSR count). The van der Waals surface area contributed by atoms with Crippen molar-refractivity contribution in [3.05, 3.63) is 24.0 Å². The van der Waals surface area contributed by atoms with Crippen molar-refractivity contribution in [1.82, 2.24) is 9.88 Å². The highest BCUT2D eigenvalue weighted by molar-refractivity contribution is 14.0. The molecule has 0 aromatic carbocycles. The van der Waals surface area contributed by atoms with Crippen molar-refractivity contribution in [2.24, 2.45) is 10.7 Å². The predicted molar refractivity (Wildman–Crippen MR) is 90.1 cm³/mol. The minimum absolute atomic E-state index is 0. The Kier molecular flexibility index (Phi) is 5.84. The third kappa shape index (κ3) is 4.22. The summed E-state index contributed by atoms with van der Waals surface area (Å²) in [5, 5.41) is 0. The van der Waals surface area contributed by atoms with Crippen molar-refractivity contribution in [3.8, 4) is 0 Å². The lowest BCUT2D eigenvalue weighted by molar-refractivity contribution is 0.487. The van der Waals surface area contributed by atoms with Gasteiger partial charge in [0, 0.05) is 33.4 Å². The van der Waals surface area contributed by atoms with Crippen LogP contribution in [0, 0.1) is 0 Å². The molecule has 6 heteroatoms. The number of halogens is 1. The van der Waals surface area contributed by atoms with Gasteiger partial charge in [-0.15, -0.1) is 24.0 Å². The maximum Gasteiger partial charge on any atom is 0.191 e. The van der Waals surface area contributed by atoms with E-state index in [1.54, 1.807) is 6.20 Å². The van der Waals surface area contributed by atoms with Gasteiger partial charge in [0.2, 0.25) is 0 Å². The molecule has 0 amide bonds. The Labute approximate surface area is 131 Å². The highest BCUT2D eigenvalue weighted by atomic mass is 127. The van der Waals surface area contributed by atoms with E-state index >= 15 is 0 Å². The Balaban J connectivity index is 0.00000180. The van der Waals surface area contributed by atoms with Crippen molar-refractivity contribution < 1.29 is 0 Å². The van der Waals surface area contributed by atoms with Crippen LogP contribution in [0.25, 0.3) is 0 Å². The Hall–Kier alpha value is -1.05. The minimum atomic E-state index is 0. The van der Waals surface area contributed by atoms with Gasteiger partial charge in [-0.3, -0.25) is 4.98 Å². The van der Waals surface area contributed by atoms with Crippen LogP contribution in [-0.4, -0.2) is 43.0 Å². The molecule has 0 radical (unpaired) electrons. The second kappa shape index (κ2) is 6.93. The molecule has 106 valence electrons. The quantitative estimate of drug-likeness (QED) is 0.494. The number of aliphatic imine (C=N–C) groups is 1. The number of hydrogen-bond acceptors (Lipinski definition) is 3. The van der Waals surface area contributed by atoms with Crippen LogP contribution in [0.1, 0.15) is 18.5 Å². The molecule has 0 saturated heterocycles. The van der Waals surface area contributed by atoms with Gasteiger partial charge in [-0.2, -0.15) is 0 Å². The van der Waals surface area contributed by atoms with E-state index in [1.807, 2.05) is 38.2 Å². The third-order valence-electron chi connectivity index (χ3n) is 3.19. The van der Waals surface area contributed by atoms with Gasteiger partial charge in [0.15, 0.2) is 5.96 Å². The zero-order valence-electron chi connectivity index (χ0n) is 11.7. The number of pyridine rings is 1. The minimum Gasteiger partial charge on any atom is -0.376 e. The zero-order valence-corrected chi connectivity index (χ0v) is 14.0. The maximum atomic E-state index is 5.97. The van der Waals surface area contributed by atoms with Gasteiger partial charge in [-0.1, -0.05) is 0 Å². The molecule has 5 nitrogen and oxygen atoms in total. The fourth-order valence-corrected chi connectivity index (χ4v) is 1.87. The largest absolute Gasteiger partial charge is 0.376 e. The van der Waals surface area contributed by atoms with E-state index in [2.05, 4.69) is 14.9 Å². The smallest absolute Gasteiger partial charge is 0.191 e. The van der Waals surface area contributed by atoms with Crippen LogP contribution in [0.5, 0.6) is 0 Å². The second-order valence-electron chi connectivity index (χ2n) is 4.88. The Morgan fingerprint density at radius 3 is 2.68 bits per heavy atom. The first-order valence-corrected chi connectivity index (χ1v) is 6.23. The summed E-state index contributed by atoms with van der Waals surface area (Å²) >= 11 is 0. The van der Waals surface area contributed by atoms with E-state index < -0.39 is 0 Å². The van der Waals surface area contributed by atoms with Crippen LogP contribution in [0.2, 0.25) is 0 Å². The van der Waals surface area contributed by atoms with Gasteiger partial charge >= 0.3 is 0 Å². The average Bonchev–Trinajstić information content (AvgIpc) is 3.19. The average molecular weight is 375 g/mol. The standard InChI is InChI=1S/C13H21N5.HI/c1-17(2)12-5-4-8-15-11(12)9-16-13(14)18(3)10-6-7-10;/h4-5,8,10H,6-7,9H2,1-3H3,(H2,14,16);1H. The molecular weight excluding hydrogens is 353 g/mol. The van der Waals surface area contributed by atoms with Gasteiger partial charge in [-0.05, 0) is 25.0 Å². The number of anilines is 1. The van der Waals surface area contributed by atoms with Crippen LogP contribution < -0.4 is 10.6 Å². The molecule has 1 fully saturated rings. The predicted octanol–water partition coefficient (Wildman–Crippen LogP) is 1.67.